The van der Waals surface area contributed by atoms with Crippen LogP contribution >= 0.6 is 22.9 Å². The number of benzene rings is 1. The largest absolute Gasteiger partial charge is 0.496 e. The number of nitrogens with one attached hydrogen (secondary N) is 1. The third-order valence-electron chi connectivity index (χ3n) is 7.86. The van der Waals surface area contributed by atoms with Crippen molar-refractivity contribution in [3.63, 3.8) is 0 Å². The zero-order chi connectivity index (χ0) is 27.7. The highest BCUT2D eigenvalue weighted by atomic mass is 35.5. The highest BCUT2D eigenvalue weighted by Crippen LogP contribution is 2.50. The maximum atomic E-state index is 15.4. The Hall–Kier alpha value is -2.81. The van der Waals surface area contributed by atoms with Crippen LogP contribution in [0.15, 0.2) is 48.8 Å². The maximum Gasteiger partial charge on any atom is 0.266 e. The van der Waals surface area contributed by atoms with E-state index in [0.29, 0.717) is 11.8 Å². The van der Waals surface area contributed by atoms with Crippen molar-refractivity contribution in [2.24, 2.45) is 0 Å². The first-order valence-corrected chi connectivity index (χ1v) is 14.4. The number of hydrogen-bond donors (Lipinski definition) is 1. The lowest BCUT2D eigenvalue weighted by Crippen LogP contribution is -2.44. The smallest absolute Gasteiger partial charge is 0.266 e. The molecule has 5 nitrogen and oxygen atoms in total. The molecule has 2 heterocycles. The van der Waals surface area contributed by atoms with Crippen LogP contribution in [0.3, 0.4) is 0 Å². The van der Waals surface area contributed by atoms with Gasteiger partial charge in [-0.1, -0.05) is 17.7 Å². The molecule has 1 fully saturated rings. The van der Waals surface area contributed by atoms with E-state index in [1.54, 1.807) is 19.5 Å². The average Bonchev–Trinajstić information content (AvgIpc) is 3.33. The topological polar surface area (TPSA) is 54.5 Å². The molecule has 2 aromatic heterocycles. The quantitative estimate of drug-likeness (QED) is 0.318. The number of pyridine rings is 1. The van der Waals surface area contributed by atoms with Crippen LogP contribution in [0, 0.1) is 0 Å². The second-order valence-corrected chi connectivity index (χ2v) is 11.8. The van der Waals surface area contributed by atoms with Gasteiger partial charge in [-0.3, -0.25) is 9.78 Å². The number of amides is 1. The van der Waals surface area contributed by atoms with E-state index in [2.05, 4.69) is 10.3 Å². The molecule has 1 unspecified atom stereocenters. The summed E-state index contributed by atoms with van der Waals surface area (Å²) in [5, 5.41) is 3.33. The van der Waals surface area contributed by atoms with Crippen molar-refractivity contribution in [2.75, 3.05) is 14.2 Å². The van der Waals surface area contributed by atoms with Gasteiger partial charge in [0.2, 0.25) is 0 Å². The number of aromatic nitrogens is 1. The maximum absolute atomic E-state index is 15.4. The fourth-order valence-corrected chi connectivity index (χ4v) is 7.22. The summed E-state index contributed by atoms with van der Waals surface area (Å²) in [5.41, 5.74) is 1.05. The molecule has 0 saturated heterocycles. The summed E-state index contributed by atoms with van der Waals surface area (Å²) in [6, 6.07) is 10.1. The molecular weight excluding hydrogens is 540 g/mol. The molecule has 1 N–H and O–H groups in total. The molecule has 5 rings (SSSR count). The Labute approximate surface area is 236 Å². The van der Waals surface area contributed by atoms with Crippen molar-refractivity contribution in [3.05, 3.63) is 74.7 Å². The molecule has 2 aliphatic carbocycles. The zero-order valence-corrected chi connectivity index (χ0v) is 23.8. The van der Waals surface area contributed by atoms with Gasteiger partial charge in [-0.25, -0.2) is 8.78 Å². The van der Waals surface area contributed by atoms with Gasteiger partial charge >= 0.3 is 0 Å². The normalized spacial score (nSPS) is 22.7. The van der Waals surface area contributed by atoms with Crippen molar-refractivity contribution in [1.82, 2.24) is 15.2 Å². The highest BCUT2D eigenvalue weighted by Gasteiger charge is 2.40. The van der Waals surface area contributed by atoms with Crippen molar-refractivity contribution in [3.8, 4) is 16.9 Å². The Morgan fingerprint density at radius 1 is 1.21 bits per heavy atom. The summed E-state index contributed by atoms with van der Waals surface area (Å²) in [4.78, 5) is 20.5. The van der Waals surface area contributed by atoms with Gasteiger partial charge in [0.25, 0.3) is 5.91 Å². The minimum atomic E-state index is -1.78. The van der Waals surface area contributed by atoms with Gasteiger partial charge in [0.05, 0.1) is 17.0 Å². The van der Waals surface area contributed by atoms with E-state index in [9.17, 15) is 9.18 Å². The lowest BCUT2D eigenvalue weighted by molar-refractivity contribution is 0.0604. The van der Waals surface area contributed by atoms with Crippen LogP contribution in [0.1, 0.15) is 64.7 Å². The predicted octanol–water partition coefficient (Wildman–Crippen LogP) is 7.54. The molecule has 206 valence electrons. The Balaban J connectivity index is 1.55. The number of methoxy groups -OCH3 is 1. The minimum Gasteiger partial charge on any atom is -0.496 e. The Morgan fingerprint density at radius 2 is 1.92 bits per heavy atom. The van der Waals surface area contributed by atoms with E-state index >= 15 is 4.39 Å². The van der Waals surface area contributed by atoms with Crippen LogP contribution < -0.4 is 10.1 Å². The number of thiophene rings is 1. The Morgan fingerprint density at radius 3 is 2.56 bits per heavy atom. The molecule has 3 aromatic rings. The molecule has 1 amide bonds. The summed E-state index contributed by atoms with van der Waals surface area (Å²) in [5.74, 6) is -0.225. The second kappa shape index (κ2) is 11.4. The number of carbonyl (C=O) groups excluding carboxylic acids is 1. The highest BCUT2D eigenvalue weighted by molar-refractivity contribution is 7.15. The van der Waals surface area contributed by atoms with E-state index in [-0.39, 0.29) is 45.3 Å². The minimum absolute atomic E-state index is 0.0104. The van der Waals surface area contributed by atoms with E-state index in [4.69, 9.17) is 16.3 Å². The molecule has 2 aliphatic rings. The summed E-state index contributed by atoms with van der Waals surface area (Å²) in [6.45, 7) is 1.68. The average molecular weight is 572 g/mol. The summed E-state index contributed by atoms with van der Waals surface area (Å²) in [7, 11) is 3.56. The van der Waals surface area contributed by atoms with Crippen LogP contribution in [-0.2, 0) is 12.2 Å². The molecule has 0 spiro atoms. The molecule has 1 atom stereocenters. The fraction of sp³-hybridized carbons (Fsp3) is 0.400. The molecule has 1 aromatic carbocycles. The van der Waals surface area contributed by atoms with E-state index in [0.717, 1.165) is 53.7 Å². The van der Waals surface area contributed by atoms with E-state index in [1.165, 1.54) is 13.0 Å². The first-order chi connectivity index (χ1) is 18.7. The van der Waals surface area contributed by atoms with Crippen molar-refractivity contribution >= 4 is 34.7 Å². The summed E-state index contributed by atoms with van der Waals surface area (Å²) >= 11 is 7.60. The molecule has 0 aliphatic heterocycles. The number of fused-ring (bicyclic) bond motifs is 1. The molecule has 9 heteroatoms. The first-order valence-electron chi connectivity index (χ1n) is 13.2. The number of halogens is 3. The van der Waals surface area contributed by atoms with Crippen molar-refractivity contribution < 1.29 is 18.3 Å². The number of alkyl halides is 1. The summed E-state index contributed by atoms with van der Waals surface area (Å²) in [6.07, 6.45) is 8.06. The standard InChI is InChI=1S/C30H32ClF2N3O2S/c1-30(33)13-10-23(32)25-26(31)27(39-28(25)30)29(37)36(22-7-5-21(34-2)6-8-22)17-20-16-19(4-9-24(20)38-3)18-11-14-35-15-12-18/h4,9-12,14-16,21-22,34H,5-8,13,17H2,1-3H3. The van der Waals surface area contributed by atoms with Crippen molar-refractivity contribution in [1.29, 1.82) is 0 Å². The van der Waals surface area contributed by atoms with Gasteiger partial charge in [0.1, 0.15) is 22.1 Å². The third kappa shape index (κ3) is 5.47. The Kier molecular flexibility index (Phi) is 8.08. The van der Waals surface area contributed by atoms with Gasteiger partial charge in [-0.15, -0.1) is 11.3 Å². The predicted molar refractivity (Wildman–Crippen MR) is 153 cm³/mol. The van der Waals surface area contributed by atoms with Gasteiger partial charge in [0, 0.05) is 48.6 Å². The second-order valence-electron chi connectivity index (χ2n) is 10.4. The van der Waals surface area contributed by atoms with Crippen LogP contribution in [0.5, 0.6) is 5.75 Å². The van der Waals surface area contributed by atoms with Crippen LogP contribution in [0.25, 0.3) is 17.0 Å². The lowest BCUT2D eigenvalue weighted by atomic mass is 9.89. The number of allylic oxidation sites excluding steroid dienone is 1. The molecule has 0 bridgehead atoms. The van der Waals surface area contributed by atoms with Gasteiger partial charge < -0.3 is 15.0 Å². The number of rotatable bonds is 7. The SMILES string of the molecule is CNC1CCC(N(Cc2cc(-c3ccncc3)ccc2OC)C(=O)c2sc3c(c2Cl)C(F)=CCC3(C)F)CC1. The first kappa shape index (κ1) is 27.7. The molecule has 1 saturated carbocycles. The van der Waals surface area contributed by atoms with Crippen LogP contribution in [0.2, 0.25) is 5.02 Å². The third-order valence-corrected chi connectivity index (χ3v) is 9.77. The van der Waals surface area contributed by atoms with E-state index < -0.39 is 11.5 Å². The van der Waals surface area contributed by atoms with Crippen LogP contribution in [-0.4, -0.2) is 42.0 Å². The molecular formula is C30H32ClF2N3O2S. The zero-order valence-electron chi connectivity index (χ0n) is 22.3. The number of nitrogens with zero attached hydrogens (tertiary/aromatic N) is 2. The number of ether oxygens (including phenoxy) is 1. The number of hydrogen-bond acceptors (Lipinski definition) is 5. The van der Waals surface area contributed by atoms with Gasteiger partial charge in [-0.05, 0) is 81.1 Å². The van der Waals surface area contributed by atoms with Gasteiger partial charge in [0.15, 0.2) is 0 Å². The monoisotopic (exact) mass is 571 g/mol. The molecule has 39 heavy (non-hydrogen) atoms. The lowest BCUT2D eigenvalue weighted by Gasteiger charge is -2.37. The van der Waals surface area contributed by atoms with Crippen molar-refractivity contribution in [2.45, 2.75) is 63.3 Å². The fourth-order valence-electron chi connectivity index (χ4n) is 5.59. The van der Waals surface area contributed by atoms with E-state index in [1.807, 2.05) is 42.3 Å². The Bertz CT molecular complexity index is 1380. The van der Waals surface area contributed by atoms with Crippen LogP contribution in [0.4, 0.5) is 8.78 Å². The van der Waals surface area contributed by atoms with Gasteiger partial charge in [-0.2, -0.15) is 0 Å². The number of carbonyl (C=O) groups is 1. The molecule has 0 radical (unpaired) electrons. The summed E-state index contributed by atoms with van der Waals surface area (Å²) < 4.78 is 35.9.